The number of carbonyl (C=O) groups is 3. The van der Waals surface area contributed by atoms with Gasteiger partial charge in [0.1, 0.15) is 17.6 Å². The third-order valence-electron chi connectivity index (χ3n) is 5.39. The second-order valence-corrected chi connectivity index (χ2v) is 7.85. The van der Waals surface area contributed by atoms with Crippen molar-refractivity contribution in [3.63, 3.8) is 0 Å². The van der Waals surface area contributed by atoms with E-state index in [-0.39, 0.29) is 24.5 Å². The van der Waals surface area contributed by atoms with Gasteiger partial charge in [0.05, 0.1) is 18.5 Å². The summed E-state index contributed by atoms with van der Waals surface area (Å²) >= 11 is 0. The van der Waals surface area contributed by atoms with Crippen LogP contribution in [0.5, 0.6) is 11.5 Å². The number of halogens is 1. The van der Waals surface area contributed by atoms with Gasteiger partial charge in [0, 0.05) is 5.56 Å². The van der Waals surface area contributed by atoms with Crippen molar-refractivity contribution in [3.8, 4) is 11.5 Å². The summed E-state index contributed by atoms with van der Waals surface area (Å²) < 4.78 is 30.0. The van der Waals surface area contributed by atoms with E-state index >= 15 is 0 Å². The minimum absolute atomic E-state index is 0.0201. The molecule has 0 unspecified atom stereocenters. The lowest BCUT2D eigenvalue weighted by Crippen LogP contribution is -2.51. The zero-order chi connectivity index (χ0) is 24.2. The minimum atomic E-state index is -0.867. The molecule has 1 aliphatic heterocycles. The van der Waals surface area contributed by atoms with Crippen molar-refractivity contribution in [1.29, 1.82) is 0 Å². The molecule has 1 aliphatic rings. The lowest BCUT2D eigenvalue weighted by Gasteiger charge is -2.33. The van der Waals surface area contributed by atoms with E-state index in [9.17, 15) is 18.8 Å². The quantitative estimate of drug-likeness (QED) is 0.511. The number of Topliss-reactive ketones (excluding diaryl/α,β-unsaturated/α-hetero) is 1. The van der Waals surface area contributed by atoms with Crippen LogP contribution in [0.2, 0.25) is 0 Å². The van der Waals surface area contributed by atoms with Crippen LogP contribution in [0.1, 0.15) is 28.6 Å². The van der Waals surface area contributed by atoms with Gasteiger partial charge in [0.2, 0.25) is 5.91 Å². The van der Waals surface area contributed by atoms with Crippen LogP contribution in [0.4, 0.5) is 10.1 Å². The van der Waals surface area contributed by atoms with Crippen molar-refractivity contribution >= 4 is 23.3 Å². The van der Waals surface area contributed by atoms with Gasteiger partial charge < -0.3 is 19.2 Å². The Morgan fingerprint density at radius 2 is 2.03 bits per heavy atom. The first kappa shape index (κ1) is 23.0. The molecule has 4 rings (SSSR count). The molecular weight excluding hydrogens is 443 g/mol. The fourth-order valence-corrected chi connectivity index (χ4v) is 3.57. The minimum Gasteiger partial charge on any atom is -0.482 e. The highest BCUT2D eigenvalue weighted by Crippen LogP contribution is 2.34. The monoisotopic (exact) mass is 466 g/mol. The third kappa shape index (κ3) is 4.93. The van der Waals surface area contributed by atoms with Gasteiger partial charge in [-0.05, 0) is 61.9 Å². The van der Waals surface area contributed by atoms with Gasteiger partial charge in [-0.3, -0.25) is 19.3 Å². The summed E-state index contributed by atoms with van der Waals surface area (Å²) in [6.45, 7) is 2.92. The zero-order valence-electron chi connectivity index (χ0n) is 18.7. The number of aryl methyl sites for hydroxylation is 1. The molecule has 1 N–H and O–H groups in total. The summed E-state index contributed by atoms with van der Waals surface area (Å²) in [7, 11) is 0. The molecule has 0 bridgehead atoms. The molecule has 0 aliphatic carbocycles. The molecule has 2 amide bonds. The van der Waals surface area contributed by atoms with Crippen LogP contribution in [0, 0.1) is 12.7 Å². The molecule has 3 aromatic rings. The Balaban J connectivity index is 1.50. The number of furan rings is 1. The maximum absolute atomic E-state index is 13.9. The fraction of sp³-hybridized carbons (Fsp3) is 0.240. The van der Waals surface area contributed by atoms with Crippen LogP contribution >= 0.6 is 0 Å². The molecule has 8 nitrogen and oxygen atoms in total. The van der Waals surface area contributed by atoms with E-state index in [1.807, 2.05) is 0 Å². The summed E-state index contributed by atoms with van der Waals surface area (Å²) in [4.78, 5) is 39.4. The van der Waals surface area contributed by atoms with Crippen LogP contribution in [-0.2, 0) is 16.1 Å². The van der Waals surface area contributed by atoms with Crippen LogP contribution in [0.3, 0.4) is 0 Å². The van der Waals surface area contributed by atoms with Crippen molar-refractivity contribution in [2.24, 2.45) is 0 Å². The molecule has 2 aromatic carbocycles. The molecule has 1 atom stereocenters. The number of ketones is 1. The van der Waals surface area contributed by atoms with Crippen LogP contribution < -0.4 is 19.7 Å². The van der Waals surface area contributed by atoms with E-state index in [1.54, 1.807) is 38.1 Å². The topological polar surface area (TPSA) is 98.1 Å². The highest BCUT2D eigenvalue weighted by Gasteiger charge is 2.33. The lowest BCUT2D eigenvalue weighted by atomic mass is 10.1. The van der Waals surface area contributed by atoms with Crippen molar-refractivity contribution in [3.05, 3.63) is 77.5 Å². The van der Waals surface area contributed by atoms with E-state index in [0.717, 1.165) is 5.56 Å². The van der Waals surface area contributed by atoms with Crippen LogP contribution in [0.15, 0.2) is 59.2 Å². The Labute approximate surface area is 195 Å². The Morgan fingerprint density at radius 1 is 1.21 bits per heavy atom. The Morgan fingerprint density at radius 3 is 2.79 bits per heavy atom. The first-order valence-electron chi connectivity index (χ1n) is 10.6. The molecule has 9 heteroatoms. The van der Waals surface area contributed by atoms with Gasteiger partial charge in [-0.2, -0.15) is 0 Å². The molecule has 0 spiro atoms. The number of benzene rings is 2. The normalized spacial score (nSPS) is 13.6. The standard InChI is InChI=1S/C25H23FN2O6/c1-15-5-7-19(26)23(10-15)33-13-21(29)17-6-8-22-20(11-17)28(24(30)14-34-22)16(2)25(31)27-12-18-4-3-9-32-18/h3-11,16H,12-14H2,1-2H3,(H,27,31)/t16-/m1/s1. The molecule has 0 saturated carbocycles. The number of hydrogen-bond acceptors (Lipinski definition) is 6. The molecule has 2 heterocycles. The van der Waals surface area contributed by atoms with E-state index < -0.39 is 36.1 Å². The number of nitrogens with zero attached hydrogens (tertiary/aromatic N) is 1. The van der Waals surface area contributed by atoms with Gasteiger partial charge in [-0.1, -0.05) is 6.07 Å². The van der Waals surface area contributed by atoms with Gasteiger partial charge in [-0.15, -0.1) is 0 Å². The zero-order valence-corrected chi connectivity index (χ0v) is 18.7. The van der Waals surface area contributed by atoms with Crippen molar-refractivity contribution in [2.45, 2.75) is 26.4 Å². The van der Waals surface area contributed by atoms with Gasteiger partial charge >= 0.3 is 0 Å². The average Bonchev–Trinajstić information content (AvgIpc) is 3.35. The first-order valence-corrected chi connectivity index (χ1v) is 10.6. The van der Waals surface area contributed by atoms with Crippen LogP contribution in [-0.4, -0.2) is 36.9 Å². The highest BCUT2D eigenvalue weighted by atomic mass is 19.1. The van der Waals surface area contributed by atoms with E-state index in [1.165, 1.54) is 35.4 Å². The molecule has 0 fully saturated rings. The SMILES string of the molecule is Cc1ccc(F)c(OCC(=O)c2ccc3c(c2)N([C@H](C)C(=O)NCc2ccco2)C(=O)CO3)c1. The molecule has 0 saturated heterocycles. The maximum Gasteiger partial charge on any atom is 0.265 e. The van der Waals surface area contributed by atoms with E-state index in [2.05, 4.69) is 5.32 Å². The highest BCUT2D eigenvalue weighted by molar-refractivity contribution is 6.05. The third-order valence-corrected chi connectivity index (χ3v) is 5.39. The summed E-state index contributed by atoms with van der Waals surface area (Å²) in [5, 5.41) is 2.73. The number of rotatable bonds is 8. The van der Waals surface area contributed by atoms with Crippen molar-refractivity contribution < 1.29 is 32.7 Å². The number of hydrogen-bond donors (Lipinski definition) is 1. The van der Waals surface area contributed by atoms with Crippen molar-refractivity contribution in [1.82, 2.24) is 5.32 Å². The molecule has 1 aromatic heterocycles. The largest absolute Gasteiger partial charge is 0.482 e. The predicted octanol–water partition coefficient (Wildman–Crippen LogP) is 3.42. The Kier molecular flexibility index (Phi) is 6.62. The summed E-state index contributed by atoms with van der Waals surface area (Å²) in [5.41, 5.74) is 1.33. The predicted molar refractivity (Wildman–Crippen MR) is 120 cm³/mol. The number of anilines is 1. The van der Waals surface area contributed by atoms with Crippen LogP contribution in [0.25, 0.3) is 0 Å². The maximum atomic E-state index is 13.9. The second kappa shape index (κ2) is 9.78. The summed E-state index contributed by atoms with van der Waals surface area (Å²) in [6.07, 6.45) is 1.50. The van der Waals surface area contributed by atoms with Gasteiger partial charge in [-0.25, -0.2) is 4.39 Å². The number of fused-ring (bicyclic) bond motifs is 1. The first-order chi connectivity index (χ1) is 16.3. The van der Waals surface area contributed by atoms with Gasteiger partial charge in [0.15, 0.2) is 30.6 Å². The summed E-state index contributed by atoms with van der Waals surface area (Å²) in [6, 6.07) is 11.5. The van der Waals surface area contributed by atoms with E-state index in [4.69, 9.17) is 13.9 Å². The van der Waals surface area contributed by atoms with Crippen molar-refractivity contribution in [2.75, 3.05) is 18.1 Å². The Bertz CT molecular complexity index is 1220. The van der Waals surface area contributed by atoms with Gasteiger partial charge in [0.25, 0.3) is 5.91 Å². The Hall–Kier alpha value is -4.14. The number of carbonyl (C=O) groups excluding carboxylic acids is 3. The molecular formula is C25H23FN2O6. The molecule has 176 valence electrons. The summed E-state index contributed by atoms with van der Waals surface area (Å²) in [5.74, 6) is -0.878. The molecule has 34 heavy (non-hydrogen) atoms. The number of ether oxygens (including phenoxy) is 2. The molecule has 0 radical (unpaired) electrons. The smallest absolute Gasteiger partial charge is 0.265 e. The lowest BCUT2D eigenvalue weighted by molar-refractivity contribution is -0.127. The van der Waals surface area contributed by atoms with E-state index in [0.29, 0.717) is 17.2 Å². The fourth-order valence-electron chi connectivity index (χ4n) is 3.57. The number of amides is 2. The second-order valence-electron chi connectivity index (χ2n) is 7.85. The average molecular weight is 466 g/mol. The number of nitrogens with one attached hydrogen (secondary N) is 1.